The van der Waals surface area contributed by atoms with Crippen molar-refractivity contribution in [1.29, 1.82) is 0 Å². The number of hydrogen-bond acceptors (Lipinski definition) is 2. The van der Waals surface area contributed by atoms with Crippen LogP contribution in [0.2, 0.25) is 0 Å². The van der Waals surface area contributed by atoms with Crippen LogP contribution in [-0.4, -0.2) is 0 Å². The third-order valence-corrected chi connectivity index (χ3v) is 3.13. The Hall–Kier alpha value is -1.29. The van der Waals surface area contributed by atoms with Crippen molar-refractivity contribution in [3.05, 3.63) is 52.1 Å². The standard InChI is InChI=1S/C13H13BrFNO/c1-2-9-6-7-10(17-9)8-16-13-11(14)4-3-5-12(13)15/h3-7,16H,2,8H2,1H3. The van der Waals surface area contributed by atoms with Gasteiger partial charge in [-0.05, 0) is 40.2 Å². The molecule has 1 aromatic heterocycles. The van der Waals surface area contributed by atoms with E-state index in [-0.39, 0.29) is 5.82 Å². The molecule has 0 bridgehead atoms. The summed E-state index contributed by atoms with van der Waals surface area (Å²) >= 11 is 3.31. The van der Waals surface area contributed by atoms with Crippen molar-refractivity contribution < 1.29 is 8.81 Å². The van der Waals surface area contributed by atoms with Crippen LogP contribution in [0.5, 0.6) is 0 Å². The maximum atomic E-state index is 13.5. The summed E-state index contributed by atoms with van der Waals surface area (Å²) in [5.41, 5.74) is 0.460. The van der Waals surface area contributed by atoms with Crippen LogP contribution in [0.1, 0.15) is 18.4 Å². The topological polar surface area (TPSA) is 25.2 Å². The summed E-state index contributed by atoms with van der Waals surface area (Å²) < 4.78 is 19.7. The van der Waals surface area contributed by atoms with Crippen LogP contribution in [0, 0.1) is 5.82 Å². The van der Waals surface area contributed by atoms with E-state index >= 15 is 0 Å². The van der Waals surface area contributed by atoms with Crippen LogP contribution < -0.4 is 5.32 Å². The summed E-state index contributed by atoms with van der Waals surface area (Å²) in [5, 5.41) is 3.02. The van der Waals surface area contributed by atoms with E-state index in [9.17, 15) is 4.39 Å². The monoisotopic (exact) mass is 297 g/mol. The number of benzene rings is 1. The van der Waals surface area contributed by atoms with E-state index in [1.54, 1.807) is 12.1 Å². The van der Waals surface area contributed by atoms with Gasteiger partial charge in [-0.1, -0.05) is 13.0 Å². The smallest absolute Gasteiger partial charge is 0.147 e. The minimum Gasteiger partial charge on any atom is -0.464 e. The highest BCUT2D eigenvalue weighted by Crippen LogP contribution is 2.25. The Balaban J connectivity index is 2.07. The van der Waals surface area contributed by atoms with Crippen molar-refractivity contribution >= 4 is 21.6 Å². The van der Waals surface area contributed by atoms with Crippen molar-refractivity contribution in [2.24, 2.45) is 0 Å². The highest BCUT2D eigenvalue weighted by atomic mass is 79.9. The van der Waals surface area contributed by atoms with E-state index in [4.69, 9.17) is 4.42 Å². The number of rotatable bonds is 4. The Morgan fingerprint density at radius 3 is 2.65 bits per heavy atom. The van der Waals surface area contributed by atoms with Crippen molar-refractivity contribution in [3.8, 4) is 0 Å². The zero-order chi connectivity index (χ0) is 12.3. The molecule has 1 heterocycles. The van der Waals surface area contributed by atoms with Gasteiger partial charge in [-0.2, -0.15) is 0 Å². The Morgan fingerprint density at radius 1 is 1.24 bits per heavy atom. The lowest BCUT2D eigenvalue weighted by atomic mass is 10.3. The van der Waals surface area contributed by atoms with Crippen LogP contribution in [0.4, 0.5) is 10.1 Å². The minimum atomic E-state index is -0.276. The number of furan rings is 1. The van der Waals surface area contributed by atoms with Gasteiger partial charge in [-0.3, -0.25) is 0 Å². The molecule has 0 saturated heterocycles. The molecule has 17 heavy (non-hydrogen) atoms. The Kier molecular flexibility index (Phi) is 3.84. The molecule has 0 spiro atoms. The van der Waals surface area contributed by atoms with Gasteiger partial charge in [0.15, 0.2) is 0 Å². The quantitative estimate of drug-likeness (QED) is 0.907. The summed E-state index contributed by atoms with van der Waals surface area (Å²) in [7, 11) is 0. The van der Waals surface area contributed by atoms with E-state index in [0.29, 0.717) is 16.7 Å². The summed E-state index contributed by atoms with van der Waals surface area (Å²) in [6.45, 7) is 2.50. The van der Waals surface area contributed by atoms with Crippen LogP contribution in [0.3, 0.4) is 0 Å². The molecule has 1 aromatic carbocycles. The normalized spacial score (nSPS) is 10.5. The van der Waals surface area contributed by atoms with Crippen molar-refractivity contribution in [2.75, 3.05) is 5.32 Å². The van der Waals surface area contributed by atoms with E-state index in [1.807, 2.05) is 19.1 Å². The zero-order valence-corrected chi connectivity index (χ0v) is 11.1. The van der Waals surface area contributed by atoms with Crippen LogP contribution >= 0.6 is 15.9 Å². The summed E-state index contributed by atoms with van der Waals surface area (Å²) in [4.78, 5) is 0. The Labute approximate surface area is 108 Å². The van der Waals surface area contributed by atoms with E-state index in [2.05, 4.69) is 21.2 Å². The van der Waals surface area contributed by atoms with Gasteiger partial charge in [0.2, 0.25) is 0 Å². The van der Waals surface area contributed by atoms with E-state index in [1.165, 1.54) is 6.07 Å². The molecule has 0 aliphatic heterocycles. The number of para-hydroxylation sites is 1. The predicted octanol–water partition coefficient (Wildman–Crippen LogP) is 4.36. The summed E-state index contributed by atoms with van der Waals surface area (Å²) in [6.07, 6.45) is 0.864. The van der Waals surface area contributed by atoms with E-state index < -0.39 is 0 Å². The largest absolute Gasteiger partial charge is 0.464 e. The number of nitrogens with one attached hydrogen (secondary N) is 1. The second-order valence-electron chi connectivity index (χ2n) is 3.67. The number of halogens is 2. The first kappa shape index (κ1) is 12.2. The molecule has 0 atom stereocenters. The fourth-order valence-corrected chi connectivity index (χ4v) is 2.03. The molecule has 0 radical (unpaired) electrons. The maximum Gasteiger partial charge on any atom is 0.147 e. The molecule has 0 amide bonds. The van der Waals surface area contributed by atoms with Crippen molar-refractivity contribution in [3.63, 3.8) is 0 Å². The van der Waals surface area contributed by atoms with Gasteiger partial charge in [-0.25, -0.2) is 4.39 Å². The molecule has 0 unspecified atom stereocenters. The molecule has 2 nitrogen and oxygen atoms in total. The molecule has 4 heteroatoms. The zero-order valence-electron chi connectivity index (χ0n) is 9.47. The first-order chi connectivity index (χ1) is 8.20. The van der Waals surface area contributed by atoms with Crippen LogP contribution in [-0.2, 0) is 13.0 Å². The lowest BCUT2D eigenvalue weighted by Gasteiger charge is -2.07. The molecular weight excluding hydrogens is 285 g/mol. The summed E-state index contributed by atoms with van der Waals surface area (Å²) in [6, 6.07) is 8.72. The fourth-order valence-electron chi connectivity index (χ4n) is 1.55. The highest BCUT2D eigenvalue weighted by Gasteiger charge is 2.07. The second-order valence-corrected chi connectivity index (χ2v) is 4.53. The number of aryl methyl sites for hydroxylation is 1. The molecule has 0 fully saturated rings. The van der Waals surface area contributed by atoms with Gasteiger partial charge in [0.05, 0.1) is 12.2 Å². The van der Waals surface area contributed by atoms with Gasteiger partial charge in [0.25, 0.3) is 0 Å². The van der Waals surface area contributed by atoms with Gasteiger partial charge >= 0.3 is 0 Å². The van der Waals surface area contributed by atoms with Crippen LogP contribution in [0.25, 0.3) is 0 Å². The third-order valence-electron chi connectivity index (χ3n) is 2.47. The average Bonchev–Trinajstić information content (AvgIpc) is 2.76. The number of anilines is 1. The highest BCUT2D eigenvalue weighted by molar-refractivity contribution is 9.10. The molecule has 2 aromatic rings. The average molecular weight is 298 g/mol. The third kappa shape index (κ3) is 2.88. The van der Waals surface area contributed by atoms with E-state index in [0.717, 1.165) is 17.9 Å². The summed E-state index contributed by atoms with van der Waals surface area (Å²) in [5.74, 6) is 1.47. The fraction of sp³-hybridized carbons (Fsp3) is 0.231. The van der Waals surface area contributed by atoms with Gasteiger partial charge in [0, 0.05) is 10.9 Å². The molecule has 0 saturated carbocycles. The predicted molar refractivity (Wildman–Crippen MR) is 69.5 cm³/mol. The lowest BCUT2D eigenvalue weighted by molar-refractivity contribution is 0.475. The van der Waals surface area contributed by atoms with Gasteiger partial charge in [-0.15, -0.1) is 0 Å². The Morgan fingerprint density at radius 2 is 2.00 bits per heavy atom. The maximum absolute atomic E-state index is 13.5. The first-order valence-corrected chi connectivity index (χ1v) is 6.25. The van der Waals surface area contributed by atoms with Gasteiger partial charge in [0.1, 0.15) is 17.3 Å². The molecule has 90 valence electrons. The second kappa shape index (κ2) is 5.36. The molecule has 1 N–H and O–H groups in total. The van der Waals surface area contributed by atoms with Crippen molar-refractivity contribution in [2.45, 2.75) is 19.9 Å². The lowest BCUT2D eigenvalue weighted by Crippen LogP contribution is -2.01. The van der Waals surface area contributed by atoms with Crippen LogP contribution in [0.15, 0.2) is 39.2 Å². The molecule has 0 aliphatic carbocycles. The molecule has 0 aliphatic rings. The molecular formula is C13H13BrFNO. The Bertz CT molecular complexity index is 490. The molecule has 2 rings (SSSR count). The minimum absolute atomic E-state index is 0.276. The van der Waals surface area contributed by atoms with Gasteiger partial charge < -0.3 is 9.73 Å². The first-order valence-electron chi connectivity index (χ1n) is 5.46. The number of hydrogen-bond donors (Lipinski definition) is 1. The SMILES string of the molecule is CCc1ccc(CNc2c(F)cccc2Br)o1. The van der Waals surface area contributed by atoms with Crippen molar-refractivity contribution in [1.82, 2.24) is 0 Å².